The van der Waals surface area contributed by atoms with Crippen LogP contribution in [0.5, 0.6) is 0 Å². The molecule has 0 bridgehead atoms. The zero-order chi connectivity index (χ0) is 10.8. The van der Waals surface area contributed by atoms with Gasteiger partial charge in [-0.1, -0.05) is 12.1 Å². The summed E-state index contributed by atoms with van der Waals surface area (Å²) in [6.07, 6.45) is 0. The molecule has 78 valence electrons. The molecule has 3 heteroatoms. The fourth-order valence-corrected chi connectivity index (χ4v) is 1.43. The monoisotopic (exact) mass is 202 g/mol. The van der Waals surface area contributed by atoms with Gasteiger partial charge in [0.2, 0.25) is 5.89 Å². The highest BCUT2D eigenvalue weighted by Crippen LogP contribution is 2.21. The molecule has 1 aromatic heterocycles. The Morgan fingerprint density at radius 2 is 2.13 bits per heavy atom. The summed E-state index contributed by atoms with van der Waals surface area (Å²) in [6, 6.07) is 7.94. The van der Waals surface area contributed by atoms with E-state index < -0.39 is 0 Å². The first kappa shape index (κ1) is 9.93. The molecule has 2 aromatic rings. The van der Waals surface area contributed by atoms with E-state index in [1.54, 1.807) is 0 Å². The molecule has 0 aliphatic carbocycles. The van der Waals surface area contributed by atoms with Crippen molar-refractivity contribution in [2.24, 2.45) is 5.73 Å². The largest absolute Gasteiger partial charge is 0.441 e. The Balaban J connectivity index is 2.44. The lowest BCUT2D eigenvalue weighted by molar-refractivity contribution is 0.540. The highest BCUT2D eigenvalue weighted by molar-refractivity contribution is 5.54. The van der Waals surface area contributed by atoms with Gasteiger partial charge in [0.15, 0.2) is 0 Å². The normalized spacial score (nSPS) is 10.6. The van der Waals surface area contributed by atoms with Crippen molar-refractivity contribution in [1.82, 2.24) is 4.98 Å². The van der Waals surface area contributed by atoms with Crippen LogP contribution in [0.2, 0.25) is 0 Å². The predicted octanol–water partition coefficient (Wildman–Crippen LogP) is 2.42. The minimum Gasteiger partial charge on any atom is -0.441 e. The van der Waals surface area contributed by atoms with E-state index in [4.69, 9.17) is 10.2 Å². The maximum Gasteiger partial charge on any atom is 0.226 e. The molecule has 0 amide bonds. The minimum absolute atomic E-state index is 0.534. The van der Waals surface area contributed by atoms with Gasteiger partial charge >= 0.3 is 0 Å². The second-order valence-corrected chi connectivity index (χ2v) is 3.57. The molecule has 0 unspecified atom stereocenters. The van der Waals surface area contributed by atoms with Crippen LogP contribution in [-0.2, 0) is 6.54 Å². The highest BCUT2D eigenvalue weighted by Gasteiger charge is 2.07. The van der Waals surface area contributed by atoms with Gasteiger partial charge in [-0.15, -0.1) is 0 Å². The summed E-state index contributed by atoms with van der Waals surface area (Å²) in [6.45, 7) is 4.39. The van der Waals surface area contributed by atoms with Gasteiger partial charge in [0, 0.05) is 12.1 Å². The Bertz CT molecular complexity index is 455. The topological polar surface area (TPSA) is 52.0 Å². The van der Waals surface area contributed by atoms with Crippen molar-refractivity contribution < 1.29 is 4.42 Å². The number of nitrogens with two attached hydrogens (primary N) is 1. The van der Waals surface area contributed by atoms with Crippen molar-refractivity contribution in [2.45, 2.75) is 20.4 Å². The summed E-state index contributed by atoms with van der Waals surface area (Å²) >= 11 is 0. The Labute approximate surface area is 88.9 Å². The number of oxazole rings is 1. The minimum atomic E-state index is 0.534. The summed E-state index contributed by atoms with van der Waals surface area (Å²) in [5.41, 5.74) is 8.58. The lowest BCUT2D eigenvalue weighted by Gasteiger charge is -1.98. The van der Waals surface area contributed by atoms with Crippen LogP contribution in [0.1, 0.15) is 17.0 Å². The highest BCUT2D eigenvalue weighted by atomic mass is 16.4. The van der Waals surface area contributed by atoms with E-state index >= 15 is 0 Å². The third kappa shape index (κ3) is 1.92. The number of aromatic nitrogens is 1. The van der Waals surface area contributed by atoms with Crippen molar-refractivity contribution in [2.75, 3.05) is 0 Å². The van der Waals surface area contributed by atoms with Crippen molar-refractivity contribution in [1.29, 1.82) is 0 Å². The van der Waals surface area contributed by atoms with E-state index in [2.05, 4.69) is 4.98 Å². The van der Waals surface area contributed by atoms with Crippen LogP contribution in [0.25, 0.3) is 11.5 Å². The molecule has 0 aliphatic rings. The van der Waals surface area contributed by atoms with Crippen molar-refractivity contribution >= 4 is 0 Å². The van der Waals surface area contributed by atoms with E-state index in [0.717, 1.165) is 22.6 Å². The number of hydrogen-bond acceptors (Lipinski definition) is 3. The van der Waals surface area contributed by atoms with E-state index in [1.807, 2.05) is 38.1 Å². The molecule has 3 nitrogen and oxygen atoms in total. The number of nitrogens with zero attached hydrogens (tertiary/aromatic N) is 1. The molecule has 1 heterocycles. The fourth-order valence-electron chi connectivity index (χ4n) is 1.43. The summed E-state index contributed by atoms with van der Waals surface area (Å²) < 4.78 is 5.55. The van der Waals surface area contributed by atoms with Gasteiger partial charge in [-0.2, -0.15) is 0 Å². The first-order valence-electron chi connectivity index (χ1n) is 4.94. The smallest absolute Gasteiger partial charge is 0.226 e. The van der Waals surface area contributed by atoms with Crippen LogP contribution in [0.3, 0.4) is 0 Å². The van der Waals surface area contributed by atoms with Gasteiger partial charge in [0.1, 0.15) is 5.76 Å². The van der Waals surface area contributed by atoms with Crippen molar-refractivity contribution in [3.8, 4) is 11.5 Å². The number of hydrogen-bond donors (Lipinski definition) is 1. The third-order valence-corrected chi connectivity index (χ3v) is 2.44. The third-order valence-electron chi connectivity index (χ3n) is 2.44. The van der Waals surface area contributed by atoms with Crippen molar-refractivity contribution in [3.63, 3.8) is 0 Å². The van der Waals surface area contributed by atoms with E-state index in [1.165, 1.54) is 0 Å². The zero-order valence-corrected chi connectivity index (χ0v) is 8.95. The predicted molar refractivity (Wildman–Crippen MR) is 59.3 cm³/mol. The van der Waals surface area contributed by atoms with Gasteiger partial charge < -0.3 is 10.2 Å². The van der Waals surface area contributed by atoms with Gasteiger partial charge in [-0.25, -0.2) is 4.98 Å². The Morgan fingerprint density at radius 1 is 1.33 bits per heavy atom. The van der Waals surface area contributed by atoms with Crippen LogP contribution >= 0.6 is 0 Å². The second kappa shape index (κ2) is 3.87. The molecule has 0 saturated heterocycles. The summed E-state index contributed by atoms with van der Waals surface area (Å²) in [5, 5.41) is 0. The van der Waals surface area contributed by atoms with Crippen molar-refractivity contribution in [3.05, 3.63) is 41.3 Å². The Hall–Kier alpha value is -1.61. The molecule has 0 radical (unpaired) electrons. The molecule has 0 fully saturated rings. The molecule has 15 heavy (non-hydrogen) atoms. The fraction of sp³-hybridized carbons (Fsp3) is 0.250. The standard InChI is InChI=1S/C12H14N2O/c1-8-9(2)15-12(14-8)11-5-3-4-10(6-11)7-13/h3-6H,7,13H2,1-2H3. The van der Waals surface area contributed by atoms with E-state index in [-0.39, 0.29) is 0 Å². The SMILES string of the molecule is Cc1nc(-c2cccc(CN)c2)oc1C. The van der Waals surface area contributed by atoms with Crippen LogP contribution in [0.15, 0.2) is 28.7 Å². The molecule has 0 saturated carbocycles. The van der Waals surface area contributed by atoms with Crippen LogP contribution < -0.4 is 5.73 Å². The second-order valence-electron chi connectivity index (χ2n) is 3.57. The summed E-state index contributed by atoms with van der Waals surface area (Å²) in [7, 11) is 0. The maximum absolute atomic E-state index is 5.58. The molecule has 2 rings (SSSR count). The average Bonchev–Trinajstić information content (AvgIpc) is 2.59. The number of rotatable bonds is 2. The zero-order valence-electron chi connectivity index (χ0n) is 8.95. The molecular weight excluding hydrogens is 188 g/mol. The molecule has 2 N–H and O–H groups in total. The molecule has 1 aromatic carbocycles. The van der Waals surface area contributed by atoms with Crippen LogP contribution in [-0.4, -0.2) is 4.98 Å². The van der Waals surface area contributed by atoms with E-state index in [9.17, 15) is 0 Å². The Kier molecular flexibility index (Phi) is 2.56. The Morgan fingerprint density at radius 3 is 2.73 bits per heavy atom. The van der Waals surface area contributed by atoms with E-state index in [0.29, 0.717) is 12.4 Å². The lowest BCUT2D eigenvalue weighted by Crippen LogP contribution is -1.95. The first-order valence-corrected chi connectivity index (χ1v) is 4.94. The van der Waals surface area contributed by atoms with Gasteiger partial charge in [-0.05, 0) is 31.5 Å². The molecule has 0 atom stereocenters. The molecule has 0 aliphatic heterocycles. The van der Waals surface area contributed by atoms with Crippen LogP contribution in [0.4, 0.5) is 0 Å². The number of aryl methyl sites for hydroxylation is 2. The number of benzene rings is 1. The first-order chi connectivity index (χ1) is 7.20. The average molecular weight is 202 g/mol. The van der Waals surface area contributed by atoms with Gasteiger partial charge in [0.25, 0.3) is 0 Å². The summed E-state index contributed by atoms with van der Waals surface area (Å²) in [5.74, 6) is 1.53. The summed E-state index contributed by atoms with van der Waals surface area (Å²) in [4.78, 5) is 4.35. The maximum atomic E-state index is 5.58. The lowest BCUT2D eigenvalue weighted by atomic mass is 10.1. The quantitative estimate of drug-likeness (QED) is 0.813. The molecular formula is C12H14N2O. The van der Waals surface area contributed by atoms with Gasteiger partial charge in [0.05, 0.1) is 5.69 Å². The molecule has 0 spiro atoms. The van der Waals surface area contributed by atoms with Gasteiger partial charge in [-0.3, -0.25) is 0 Å². The van der Waals surface area contributed by atoms with Crippen LogP contribution in [0, 0.1) is 13.8 Å².